The summed E-state index contributed by atoms with van der Waals surface area (Å²) >= 11 is 0.814. The lowest BCUT2D eigenvalue weighted by atomic mass is 10.1. The summed E-state index contributed by atoms with van der Waals surface area (Å²) in [4.78, 5) is 16.6. The Morgan fingerprint density at radius 3 is 2.50 bits per heavy atom. The summed E-state index contributed by atoms with van der Waals surface area (Å²) in [5.41, 5.74) is -0.128. The highest BCUT2D eigenvalue weighted by Gasteiger charge is 2.33. The van der Waals surface area contributed by atoms with Crippen LogP contribution in [0.5, 0.6) is 0 Å². The summed E-state index contributed by atoms with van der Waals surface area (Å²) in [6.45, 7) is 0. The van der Waals surface area contributed by atoms with Crippen molar-refractivity contribution in [3.05, 3.63) is 71.8 Å². The largest absolute Gasteiger partial charge is 0.417 e. The van der Waals surface area contributed by atoms with Crippen LogP contribution in [0.1, 0.15) is 15.9 Å². The quantitative estimate of drug-likeness (QED) is 0.489. The van der Waals surface area contributed by atoms with E-state index in [9.17, 15) is 18.0 Å². The monoisotopic (exact) mass is 372 g/mol. The number of aromatic nitrogens is 1. The van der Waals surface area contributed by atoms with E-state index < -0.39 is 17.6 Å². The summed E-state index contributed by atoms with van der Waals surface area (Å²) in [5.74, 6) is -0.414. The number of nitrogens with one attached hydrogen (secondary N) is 1. The van der Waals surface area contributed by atoms with E-state index in [1.165, 1.54) is 12.1 Å². The number of thiazole rings is 1. The normalized spacial score (nSPS) is 11.8. The fraction of sp³-hybridized carbons (Fsp3) is 0.0526. The molecule has 0 aliphatic carbocycles. The molecule has 0 saturated heterocycles. The topological polar surface area (TPSA) is 42.0 Å². The molecule has 130 valence electrons. The van der Waals surface area contributed by atoms with E-state index in [1.807, 2.05) is 30.3 Å². The first-order chi connectivity index (χ1) is 12.4. The molecular weight excluding hydrogens is 361 g/mol. The van der Waals surface area contributed by atoms with Crippen molar-refractivity contribution in [2.45, 2.75) is 6.18 Å². The van der Waals surface area contributed by atoms with Crippen molar-refractivity contribution < 1.29 is 18.0 Å². The number of carbonyl (C=O) groups is 1. The van der Waals surface area contributed by atoms with Crippen molar-refractivity contribution in [1.29, 1.82) is 0 Å². The molecule has 0 radical (unpaired) electrons. The number of nitrogens with zero attached hydrogens (tertiary/aromatic N) is 1. The molecule has 7 heteroatoms. The predicted molar refractivity (Wildman–Crippen MR) is 96.5 cm³/mol. The predicted octanol–water partition coefficient (Wildman–Crippen LogP) is 5.72. The van der Waals surface area contributed by atoms with Gasteiger partial charge in [0.1, 0.15) is 0 Å². The molecule has 3 nitrogen and oxygen atoms in total. The van der Waals surface area contributed by atoms with Crippen LogP contribution in [0.25, 0.3) is 21.0 Å². The van der Waals surface area contributed by atoms with Gasteiger partial charge in [-0.15, -0.1) is 0 Å². The molecule has 0 unspecified atom stereocenters. The summed E-state index contributed by atoms with van der Waals surface area (Å²) in [5, 5.41) is 4.63. The number of amides is 1. The minimum atomic E-state index is -4.47. The lowest BCUT2D eigenvalue weighted by molar-refractivity contribution is -0.136. The maximum Gasteiger partial charge on any atom is 0.417 e. The van der Waals surface area contributed by atoms with E-state index in [4.69, 9.17) is 0 Å². The smallest absolute Gasteiger partial charge is 0.298 e. The molecule has 0 atom stereocenters. The summed E-state index contributed by atoms with van der Waals surface area (Å²) in [6.07, 6.45) is -4.47. The van der Waals surface area contributed by atoms with Crippen molar-refractivity contribution >= 4 is 43.4 Å². The zero-order chi connectivity index (χ0) is 18.3. The van der Waals surface area contributed by atoms with Gasteiger partial charge in [0.05, 0.1) is 15.8 Å². The third-order valence-corrected chi connectivity index (χ3v) is 4.97. The molecule has 3 aromatic carbocycles. The summed E-state index contributed by atoms with van der Waals surface area (Å²) < 4.78 is 39.3. The number of anilines is 1. The molecule has 1 heterocycles. The highest BCUT2D eigenvalue weighted by atomic mass is 32.1. The SMILES string of the molecule is O=C(Nc1nc2cccc(C(F)(F)F)c2s1)c1ccc2ccccc2c1. The van der Waals surface area contributed by atoms with Crippen LogP contribution < -0.4 is 5.32 Å². The van der Waals surface area contributed by atoms with Gasteiger partial charge >= 0.3 is 6.18 Å². The van der Waals surface area contributed by atoms with E-state index in [-0.39, 0.29) is 15.3 Å². The maximum absolute atomic E-state index is 13.1. The van der Waals surface area contributed by atoms with Crippen molar-refractivity contribution in [2.24, 2.45) is 0 Å². The summed E-state index contributed by atoms with van der Waals surface area (Å²) in [7, 11) is 0. The van der Waals surface area contributed by atoms with Crippen LogP contribution in [0.3, 0.4) is 0 Å². The molecule has 1 aromatic heterocycles. The highest BCUT2D eigenvalue weighted by Crippen LogP contribution is 2.38. The number of rotatable bonds is 2. The zero-order valence-corrected chi connectivity index (χ0v) is 14.0. The average molecular weight is 372 g/mol. The van der Waals surface area contributed by atoms with Gasteiger partial charge in [-0.2, -0.15) is 13.2 Å². The van der Waals surface area contributed by atoms with Gasteiger partial charge in [-0.3, -0.25) is 10.1 Å². The fourth-order valence-electron chi connectivity index (χ4n) is 2.73. The first kappa shape index (κ1) is 16.5. The van der Waals surface area contributed by atoms with Crippen LogP contribution in [0.15, 0.2) is 60.7 Å². The average Bonchev–Trinajstić information content (AvgIpc) is 3.02. The van der Waals surface area contributed by atoms with Gasteiger partial charge in [0.2, 0.25) is 0 Å². The molecule has 4 aromatic rings. The Kier molecular flexibility index (Phi) is 3.88. The van der Waals surface area contributed by atoms with Gasteiger partial charge in [-0.05, 0) is 35.0 Å². The van der Waals surface area contributed by atoms with Gasteiger partial charge in [0.15, 0.2) is 5.13 Å². The number of hydrogen-bond acceptors (Lipinski definition) is 3. The third kappa shape index (κ3) is 3.01. The second-order valence-corrected chi connectivity index (χ2v) is 6.69. The Labute approximate surface area is 150 Å². The molecule has 0 spiro atoms. The number of benzene rings is 3. The summed E-state index contributed by atoms with van der Waals surface area (Å²) in [6, 6.07) is 16.6. The number of halogens is 3. The van der Waals surface area contributed by atoms with Gasteiger partial charge in [-0.25, -0.2) is 4.98 Å². The van der Waals surface area contributed by atoms with Crippen LogP contribution in [-0.4, -0.2) is 10.9 Å². The number of alkyl halides is 3. The molecule has 1 N–H and O–H groups in total. The first-order valence-corrected chi connectivity index (χ1v) is 8.50. The first-order valence-electron chi connectivity index (χ1n) is 7.69. The van der Waals surface area contributed by atoms with E-state index in [1.54, 1.807) is 12.1 Å². The second-order valence-electron chi connectivity index (χ2n) is 5.69. The molecule has 0 aliphatic rings. The highest BCUT2D eigenvalue weighted by molar-refractivity contribution is 7.22. The number of carbonyl (C=O) groups excluding carboxylic acids is 1. The van der Waals surface area contributed by atoms with Crippen LogP contribution in [0.4, 0.5) is 18.3 Å². The Bertz CT molecular complexity index is 1130. The minimum absolute atomic E-state index is 0.00816. The molecule has 4 rings (SSSR count). The van der Waals surface area contributed by atoms with Crippen LogP contribution >= 0.6 is 11.3 Å². The van der Waals surface area contributed by atoms with Crippen molar-refractivity contribution in [2.75, 3.05) is 5.32 Å². The van der Waals surface area contributed by atoms with Crippen molar-refractivity contribution in [3.8, 4) is 0 Å². The lowest BCUT2D eigenvalue weighted by Crippen LogP contribution is -2.11. The number of fused-ring (bicyclic) bond motifs is 2. The molecule has 26 heavy (non-hydrogen) atoms. The molecule has 0 fully saturated rings. The Hall–Kier alpha value is -2.93. The van der Waals surface area contributed by atoms with E-state index in [0.29, 0.717) is 5.56 Å². The fourth-order valence-corrected chi connectivity index (χ4v) is 3.72. The van der Waals surface area contributed by atoms with E-state index >= 15 is 0 Å². The van der Waals surface area contributed by atoms with Gasteiger partial charge < -0.3 is 0 Å². The lowest BCUT2D eigenvalue weighted by Gasteiger charge is -2.06. The number of hydrogen-bond donors (Lipinski definition) is 1. The zero-order valence-electron chi connectivity index (χ0n) is 13.2. The van der Waals surface area contributed by atoms with Gasteiger partial charge in [-0.1, -0.05) is 47.7 Å². The standard InChI is InChI=1S/C19H11F3N2OS/c20-19(21,22)14-6-3-7-15-16(14)26-18(23-15)24-17(25)13-9-8-11-4-1-2-5-12(11)10-13/h1-10H,(H,23,24,25). The molecular formula is C19H11F3N2OS. The molecule has 0 bridgehead atoms. The van der Waals surface area contributed by atoms with Gasteiger partial charge in [0, 0.05) is 5.56 Å². The Morgan fingerprint density at radius 1 is 0.962 bits per heavy atom. The maximum atomic E-state index is 13.1. The molecule has 0 aliphatic heterocycles. The van der Waals surface area contributed by atoms with Crippen LogP contribution in [0, 0.1) is 0 Å². The van der Waals surface area contributed by atoms with Crippen molar-refractivity contribution in [1.82, 2.24) is 4.98 Å². The van der Waals surface area contributed by atoms with Crippen molar-refractivity contribution in [3.63, 3.8) is 0 Å². The third-order valence-electron chi connectivity index (χ3n) is 3.95. The second kappa shape index (κ2) is 6.10. The Morgan fingerprint density at radius 2 is 1.73 bits per heavy atom. The molecule has 1 amide bonds. The van der Waals surface area contributed by atoms with Crippen LogP contribution in [0.2, 0.25) is 0 Å². The van der Waals surface area contributed by atoms with Gasteiger partial charge in [0.25, 0.3) is 5.91 Å². The minimum Gasteiger partial charge on any atom is -0.298 e. The Balaban J connectivity index is 1.67. The van der Waals surface area contributed by atoms with Crippen LogP contribution in [-0.2, 0) is 6.18 Å². The molecule has 0 saturated carbocycles. The van der Waals surface area contributed by atoms with E-state index in [2.05, 4.69) is 10.3 Å². The van der Waals surface area contributed by atoms with E-state index in [0.717, 1.165) is 28.2 Å².